The molecule has 18 heavy (non-hydrogen) atoms. The zero-order valence-electron chi connectivity index (χ0n) is 10.3. The van der Waals surface area contributed by atoms with Gasteiger partial charge in [0, 0.05) is 12.1 Å². The molecule has 0 aliphatic carbocycles. The van der Waals surface area contributed by atoms with Crippen molar-refractivity contribution in [2.24, 2.45) is 4.99 Å². The number of rotatable bonds is 2. The third kappa shape index (κ3) is 2.18. The van der Waals surface area contributed by atoms with Crippen LogP contribution < -0.4 is 10.1 Å². The highest BCUT2D eigenvalue weighted by atomic mass is 35.5. The molecule has 0 fully saturated rings. The Balaban J connectivity index is 0.00000120. The van der Waals surface area contributed by atoms with E-state index in [-0.39, 0.29) is 18.5 Å². The second-order valence-electron chi connectivity index (χ2n) is 4.22. The maximum atomic E-state index is 5.84. The van der Waals surface area contributed by atoms with E-state index in [0.29, 0.717) is 0 Å². The minimum Gasteiger partial charge on any atom is -0.496 e. The van der Waals surface area contributed by atoms with E-state index >= 15 is 0 Å². The second kappa shape index (κ2) is 5.59. The molecular weight excluding hydrogens is 252 g/mol. The lowest BCUT2D eigenvalue weighted by Crippen LogP contribution is -2.31. The van der Waals surface area contributed by atoms with Crippen molar-refractivity contribution >= 4 is 18.2 Å². The Hall–Kier alpha value is -1.26. The summed E-state index contributed by atoms with van der Waals surface area (Å²) >= 11 is 0. The minimum absolute atomic E-state index is 0. The Morgan fingerprint density at radius 3 is 3.06 bits per heavy atom. The Morgan fingerprint density at radius 1 is 1.44 bits per heavy atom. The number of hydrogen-bond donors (Lipinski definition) is 1. The fourth-order valence-electron chi connectivity index (χ4n) is 2.47. The number of hydrogen-bond acceptors (Lipinski definition) is 4. The minimum atomic E-state index is -0.0450. The number of amidine groups is 1. The van der Waals surface area contributed by atoms with E-state index in [1.54, 1.807) is 7.11 Å². The van der Waals surface area contributed by atoms with Gasteiger partial charge in [-0.3, -0.25) is 4.99 Å². The predicted octanol–water partition coefficient (Wildman–Crippen LogP) is 1.73. The number of halogens is 1. The maximum absolute atomic E-state index is 5.84. The van der Waals surface area contributed by atoms with E-state index in [9.17, 15) is 0 Å². The summed E-state index contributed by atoms with van der Waals surface area (Å²) in [5.41, 5.74) is 2.44. The predicted molar refractivity (Wildman–Crippen MR) is 72.9 cm³/mol. The first kappa shape index (κ1) is 13.2. The summed E-state index contributed by atoms with van der Waals surface area (Å²) in [4.78, 5) is 4.45. The third-order valence-electron chi connectivity index (χ3n) is 3.26. The van der Waals surface area contributed by atoms with Crippen molar-refractivity contribution in [1.82, 2.24) is 5.32 Å². The molecule has 3 rings (SSSR count). The number of ether oxygens (including phenoxy) is 2. The summed E-state index contributed by atoms with van der Waals surface area (Å²) in [6.45, 7) is 2.47. The van der Waals surface area contributed by atoms with Crippen LogP contribution in [0, 0.1) is 0 Å². The number of fused-ring (bicyclic) bond motifs is 1. The molecule has 1 unspecified atom stereocenters. The van der Waals surface area contributed by atoms with Gasteiger partial charge in [0.25, 0.3) is 0 Å². The van der Waals surface area contributed by atoms with E-state index < -0.39 is 0 Å². The molecule has 0 saturated carbocycles. The summed E-state index contributed by atoms with van der Waals surface area (Å²) in [6, 6.07) is 6.12. The summed E-state index contributed by atoms with van der Waals surface area (Å²) in [6.07, 6.45) is 0.861. The third-order valence-corrected chi connectivity index (χ3v) is 3.26. The first-order valence-corrected chi connectivity index (χ1v) is 5.96. The monoisotopic (exact) mass is 268 g/mol. The zero-order chi connectivity index (χ0) is 11.7. The van der Waals surface area contributed by atoms with Crippen LogP contribution in [0.5, 0.6) is 5.75 Å². The van der Waals surface area contributed by atoms with Crippen LogP contribution in [0.2, 0.25) is 0 Å². The smallest absolute Gasteiger partial charge is 0.140 e. The van der Waals surface area contributed by atoms with E-state index in [4.69, 9.17) is 9.47 Å². The Morgan fingerprint density at radius 2 is 2.33 bits per heavy atom. The molecule has 1 aromatic rings. The van der Waals surface area contributed by atoms with Crippen LogP contribution >= 0.6 is 12.4 Å². The molecule has 0 radical (unpaired) electrons. The van der Waals surface area contributed by atoms with Gasteiger partial charge < -0.3 is 14.8 Å². The van der Waals surface area contributed by atoms with Gasteiger partial charge in [0.15, 0.2) is 0 Å². The number of nitrogens with zero attached hydrogens (tertiary/aromatic N) is 1. The number of methoxy groups -OCH3 is 1. The van der Waals surface area contributed by atoms with Gasteiger partial charge in [0.05, 0.1) is 20.3 Å². The maximum Gasteiger partial charge on any atom is 0.140 e. The van der Waals surface area contributed by atoms with Gasteiger partial charge in [-0.05, 0) is 18.1 Å². The summed E-state index contributed by atoms with van der Waals surface area (Å²) in [5.74, 6) is 1.91. The molecule has 0 aromatic heterocycles. The molecule has 1 aromatic carbocycles. The highest BCUT2D eigenvalue weighted by molar-refractivity contribution is 5.89. The van der Waals surface area contributed by atoms with Gasteiger partial charge in [0.2, 0.25) is 0 Å². The summed E-state index contributed by atoms with van der Waals surface area (Å²) in [5, 5.41) is 3.29. The average Bonchev–Trinajstić information content (AvgIpc) is 2.91. The second-order valence-corrected chi connectivity index (χ2v) is 4.22. The van der Waals surface area contributed by atoms with Crippen molar-refractivity contribution in [3.05, 3.63) is 29.3 Å². The van der Waals surface area contributed by atoms with Crippen molar-refractivity contribution in [3.63, 3.8) is 0 Å². The molecule has 0 spiro atoms. The van der Waals surface area contributed by atoms with E-state index in [1.165, 1.54) is 11.1 Å². The van der Waals surface area contributed by atoms with Crippen LogP contribution in [0.15, 0.2) is 23.2 Å². The quantitative estimate of drug-likeness (QED) is 0.888. The van der Waals surface area contributed by atoms with Crippen LogP contribution in [-0.4, -0.2) is 32.6 Å². The zero-order valence-corrected chi connectivity index (χ0v) is 11.1. The Bertz CT molecular complexity index is 462. The lowest BCUT2D eigenvalue weighted by molar-refractivity contribution is 0.0851. The van der Waals surface area contributed by atoms with Crippen LogP contribution in [0.4, 0.5) is 0 Å². The molecule has 1 atom stereocenters. The Labute approximate surface area is 113 Å². The van der Waals surface area contributed by atoms with Gasteiger partial charge in [-0.2, -0.15) is 0 Å². The molecule has 5 heteroatoms. The van der Waals surface area contributed by atoms with Crippen LogP contribution in [0.25, 0.3) is 0 Å². The van der Waals surface area contributed by atoms with Crippen molar-refractivity contribution in [2.45, 2.75) is 12.5 Å². The standard InChI is InChI=1S/C13H16N2O2.ClH/c1-16-11-4-2-3-10-9(11)5-8-17-12(10)13-14-6-7-15-13;/h2-4,12H,5-8H2,1H3,(H,14,15);1H. The molecule has 0 amide bonds. The molecule has 2 aliphatic rings. The Kier molecular flexibility index (Phi) is 4.09. The van der Waals surface area contributed by atoms with Crippen molar-refractivity contribution in [2.75, 3.05) is 26.8 Å². The molecule has 1 N–H and O–H groups in total. The average molecular weight is 269 g/mol. The van der Waals surface area contributed by atoms with Gasteiger partial charge in [-0.15, -0.1) is 12.4 Å². The van der Waals surface area contributed by atoms with Gasteiger partial charge in [-0.1, -0.05) is 12.1 Å². The molecule has 4 nitrogen and oxygen atoms in total. The number of aliphatic imine (C=N–C) groups is 1. The van der Waals surface area contributed by atoms with E-state index in [1.807, 2.05) is 12.1 Å². The lowest BCUT2D eigenvalue weighted by atomic mass is 9.96. The first-order valence-electron chi connectivity index (χ1n) is 5.96. The van der Waals surface area contributed by atoms with Crippen molar-refractivity contribution < 1.29 is 9.47 Å². The largest absolute Gasteiger partial charge is 0.496 e. The molecule has 0 saturated heterocycles. The van der Waals surface area contributed by atoms with Crippen LogP contribution in [-0.2, 0) is 11.2 Å². The van der Waals surface area contributed by atoms with Gasteiger partial charge in [0.1, 0.15) is 17.7 Å². The van der Waals surface area contributed by atoms with E-state index in [2.05, 4.69) is 16.4 Å². The molecule has 2 heterocycles. The topological polar surface area (TPSA) is 42.9 Å². The normalized spacial score (nSPS) is 21.4. The van der Waals surface area contributed by atoms with Gasteiger partial charge in [-0.25, -0.2) is 0 Å². The lowest BCUT2D eigenvalue weighted by Gasteiger charge is -2.27. The summed E-state index contributed by atoms with van der Waals surface area (Å²) < 4.78 is 11.2. The van der Waals surface area contributed by atoms with Crippen molar-refractivity contribution in [3.8, 4) is 5.75 Å². The number of nitrogens with one attached hydrogen (secondary N) is 1. The van der Waals surface area contributed by atoms with Gasteiger partial charge >= 0.3 is 0 Å². The number of benzene rings is 1. The molecular formula is C13H17ClN2O2. The summed E-state index contributed by atoms with van der Waals surface area (Å²) in [7, 11) is 1.71. The molecule has 0 bridgehead atoms. The highest BCUT2D eigenvalue weighted by Gasteiger charge is 2.28. The fourth-order valence-corrected chi connectivity index (χ4v) is 2.47. The highest BCUT2D eigenvalue weighted by Crippen LogP contribution is 2.33. The molecule has 2 aliphatic heterocycles. The first-order chi connectivity index (χ1) is 8.40. The van der Waals surface area contributed by atoms with Crippen LogP contribution in [0.3, 0.4) is 0 Å². The molecule has 98 valence electrons. The fraction of sp³-hybridized carbons (Fsp3) is 0.462. The SMILES string of the molecule is COc1cccc2c1CCOC2C1=NCCN1.Cl. The van der Waals surface area contributed by atoms with Crippen LogP contribution in [0.1, 0.15) is 17.2 Å². The van der Waals surface area contributed by atoms with Crippen molar-refractivity contribution in [1.29, 1.82) is 0 Å². The van der Waals surface area contributed by atoms with E-state index in [0.717, 1.165) is 37.7 Å².